The smallest absolute Gasteiger partial charge is 0.305 e. The minimum absolute atomic E-state index is 0.164. The Hall–Kier alpha value is -1.10. The Labute approximate surface area is 103 Å². The highest BCUT2D eigenvalue weighted by Gasteiger charge is 2.26. The maximum atomic E-state index is 11.7. The predicted octanol–water partition coefficient (Wildman–Crippen LogP) is 0.963. The van der Waals surface area contributed by atoms with Crippen LogP contribution in [0.5, 0.6) is 0 Å². The molecule has 5 nitrogen and oxygen atoms in total. The van der Waals surface area contributed by atoms with Gasteiger partial charge < -0.3 is 15.8 Å². The van der Waals surface area contributed by atoms with Gasteiger partial charge in [0.1, 0.15) is 0 Å². The highest BCUT2D eigenvalue weighted by atomic mass is 16.5. The number of amides is 1. The Morgan fingerprint density at radius 3 is 2.53 bits per heavy atom. The first-order valence-electron chi connectivity index (χ1n) is 6.16. The summed E-state index contributed by atoms with van der Waals surface area (Å²) >= 11 is 0. The third-order valence-electron chi connectivity index (χ3n) is 2.44. The number of carbonyl (C=O) groups is 2. The van der Waals surface area contributed by atoms with Crippen LogP contribution in [-0.2, 0) is 14.3 Å². The molecule has 0 heterocycles. The zero-order valence-corrected chi connectivity index (χ0v) is 11.0. The number of rotatable bonds is 8. The van der Waals surface area contributed by atoms with E-state index in [1.807, 2.05) is 6.92 Å². The Balaban J connectivity index is 3.75. The standard InChI is InChI=1S/C12H24N2O3/c1-4-8-12(3,13)11(16)14-9-6-7-10(15)17-5-2/h4-9,13H2,1-3H3,(H,14,16). The number of carbonyl (C=O) groups excluding carboxylic acids is 2. The van der Waals surface area contributed by atoms with Gasteiger partial charge in [0.15, 0.2) is 0 Å². The number of hydrogen-bond donors (Lipinski definition) is 2. The molecule has 17 heavy (non-hydrogen) atoms. The van der Waals surface area contributed by atoms with Crippen molar-refractivity contribution in [2.75, 3.05) is 13.2 Å². The van der Waals surface area contributed by atoms with Crippen LogP contribution in [0.4, 0.5) is 0 Å². The molecule has 1 unspecified atom stereocenters. The molecule has 100 valence electrons. The van der Waals surface area contributed by atoms with Crippen LogP contribution >= 0.6 is 0 Å². The Bertz CT molecular complexity index is 252. The van der Waals surface area contributed by atoms with Gasteiger partial charge in [-0.1, -0.05) is 13.3 Å². The molecule has 1 atom stereocenters. The van der Waals surface area contributed by atoms with Crippen molar-refractivity contribution in [1.82, 2.24) is 5.32 Å². The normalized spacial score (nSPS) is 13.9. The number of esters is 1. The zero-order valence-electron chi connectivity index (χ0n) is 11.0. The maximum absolute atomic E-state index is 11.7. The van der Waals surface area contributed by atoms with E-state index in [1.54, 1.807) is 13.8 Å². The summed E-state index contributed by atoms with van der Waals surface area (Å²) in [5.74, 6) is -0.394. The van der Waals surface area contributed by atoms with Crippen LogP contribution in [0.15, 0.2) is 0 Å². The molecule has 5 heteroatoms. The van der Waals surface area contributed by atoms with Gasteiger partial charge in [0, 0.05) is 13.0 Å². The Morgan fingerprint density at radius 2 is 2.00 bits per heavy atom. The van der Waals surface area contributed by atoms with Gasteiger partial charge in [-0.15, -0.1) is 0 Å². The molecule has 0 aliphatic carbocycles. The van der Waals surface area contributed by atoms with Crippen LogP contribution in [0.25, 0.3) is 0 Å². The molecule has 0 radical (unpaired) electrons. The molecule has 0 aliphatic rings. The Morgan fingerprint density at radius 1 is 1.35 bits per heavy atom. The van der Waals surface area contributed by atoms with E-state index >= 15 is 0 Å². The number of ether oxygens (including phenoxy) is 1. The molecular formula is C12H24N2O3. The quantitative estimate of drug-likeness (QED) is 0.492. The van der Waals surface area contributed by atoms with Crippen molar-refractivity contribution in [3.8, 4) is 0 Å². The second-order valence-electron chi connectivity index (χ2n) is 4.33. The second-order valence-corrected chi connectivity index (χ2v) is 4.33. The first-order valence-corrected chi connectivity index (χ1v) is 6.16. The summed E-state index contributed by atoms with van der Waals surface area (Å²) < 4.78 is 4.78. The maximum Gasteiger partial charge on any atom is 0.305 e. The van der Waals surface area contributed by atoms with Crippen molar-refractivity contribution < 1.29 is 14.3 Å². The van der Waals surface area contributed by atoms with Crippen LogP contribution in [0, 0.1) is 0 Å². The lowest BCUT2D eigenvalue weighted by molar-refractivity contribution is -0.143. The van der Waals surface area contributed by atoms with Crippen LogP contribution < -0.4 is 11.1 Å². The molecule has 3 N–H and O–H groups in total. The fourth-order valence-corrected chi connectivity index (χ4v) is 1.50. The Kier molecular flexibility index (Phi) is 7.54. The van der Waals surface area contributed by atoms with E-state index in [9.17, 15) is 9.59 Å². The fraction of sp³-hybridized carbons (Fsp3) is 0.833. The predicted molar refractivity (Wildman–Crippen MR) is 66.4 cm³/mol. The summed E-state index contributed by atoms with van der Waals surface area (Å²) in [5, 5.41) is 2.73. The van der Waals surface area contributed by atoms with Crippen LogP contribution in [0.2, 0.25) is 0 Å². The van der Waals surface area contributed by atoms with E-state index in [2.05, 4.69) is 5.32 Å². The van der Waals surface area contributed by atoms with Crippen LogP contribution in [-0.4, -0.2) is 30.6 Å². The van der Waals surface area contributed by atoms with Gasteiger partial charge in [0.25, 0.3) is 0 Å². The van der Waals surface area contributed by atoms with E-state index in [0.717, 1.165) is 6.42 Å². The third kappa shape index (κ3) is 6.94. The van der Waals surface area contributed by atoms with Gasteiger partial charge >= 0.3 is 5.97 Å². The summed E-state index contributed by atoms with van der Waals surface area (Å²) in [6, 6.07) is 0. The third-order valence-corrected chi connectivity index (χ3v) is 2.44. The van der Waals surface area contributed by atoms with Crippen molar-refractivity contribution in [1.29, 1.82) is 0 Å². The molecule has 0 aromatic carbocycles. The molecule has 0 aromatic rings. The largest absolute Gasteiger partial charge is 0.466 e. The lowest BCUT2D eigenvalue weighted by Gasteiger charge is -2.22. The minimum atomic E-state index is -0.821. The van der Waals surface area contributed by atoms with Crippen molar-refractivity contribution in [3.63, 3.8) is 0 Å². The first-order chi connectivity index (χ1) is 7.94. The molecule has 0 spiro atoms. The topological polar surface area (TPSA) is 81.4 Å². The monoisotopic (exact) mass is 244 g/mol. The van der Waals surface area contributed by atoms with Gasteiger partial charge in [-0.25, -0.2) is 0 Å². The number of hydrogen-bond acceptors (Lipinski definition) is 4. The fourth-order valence-electron chi connectivity index (χ4n) is 1.50. The summed E-state index contributed by atoms with van der Waals surface area (Å²) in [6.45, 7) is 6.32. The van der Waals surface area contributed by atoms with Gasteiger partial charge in [-0.05, 0) is 26.7 Å². The van der Waals surface area contributed by atoms with E-state index < -0.39 is 5.54 Å². The van der Waals surface area contributed by atoms with Gasteiger partial charge in [-0.2, -0.15) is 0 Å². The van der Waals surface area contributed by atoms with Crippen molar-refractivity contribution in [2.24, 2.45) is 5.73 Å². The molecule has 0 rings (SSSR count). The highest BCUT2D eigenvalue weighted by Crippen LogP contribution is 2.08. The van der Waals surface area contributed by atoms with E-state index in [4.69, 9.17) is 10.5 Å². The highest BCUT2D eigenvalue weighted by molar-refractivity contribution is 5.85. The SMILES string of the molecule is CCCC(C)(N)C(=O)NCCCC(=O)OCC. The molecule has 1 amide bonds. The van der Waals surface area contributed by atoms with Crippen molar-refractivity contribution in [2.45, 2.75) is 52.0 Å². The molecule has 0 bridgehead atoms. The lowest BCUT2D eigenvalue weighted by Crippen LogP contribution is -2.51. The lowest BCUT2D eigenvalue weighted by atomic mass is 9.96. The summed E-state index contributed by atoms with van der Waals surface area (Å²) in [5.41, 5.74) is 5.04. The average Bonchev–Trinajstić information content (AvgIpc) is 2.24. The molecule has 0 aliphatic heterocycles. The van der Waals surface area contributed by atoms with E-state index in [1.165, 1.54) is 0 Å². The molecule has 0 saturated heterocycles. The molecule has 0 saturated carbocycles. The van der Waals surface area contributed by atoms with Crippen molar-refractivity contribution >= 4 is 11.9 Å². The molecule has 0 fully saturated rings. The number of nitrogens with two attached hydrogens (primary N) is 1. The zero-order chi connectivity index (χ0) is 13.3. The summed E-state index contributed by atoms with van der Waals surface area (Å²) in [6.07, 6.45) is 2.41. The van der Waals surface area contributed by atoms with Gasteiger partial charge in [0.05, 0.1) is 12.1 Å². The van der Waals surface area contributed by atoms with E-state index in [-0.39, 0.29) is 11.9 Å². The molecular weight excluding hydrogens is 220 g/mol. The van der Waals surface area contributed by atoms with Gasteiger partial charge in [0.2, 0.25) is 5.91 Å². The first kappa shape index (κ1) is 15.9. The average molecular weight is 244 g/mol. The second kappa shape index (κ2) is 8.06. The number of nitrogens with one attached hydrogen (secondary N) is 1. The van der Waals surface area contributed by atoms with Crippen LogP contribution in [0.1, 0.15) is 46.5 Å². The minimum Gasteiger partial charge on any atom is -0.466 e. The summed E-state index contributed by atoms with van der Waals surface area (Å²) in [4.78, 5) is 22.7. The molecule has 0 aromatic heterocycles. The van der Waals surface area contributed by atoms with Crippen molar-refractivity contribution in [3.05, 3.63) is 0 Å². The van der Waals surface area contributed by atoms with Crippen LogP contribution in [0.3, 0.4) is 0 Å². The van der Waals surface area contributed by atoms with Gasteiger partial charge in [-0.3, -0.25) is 9.59 Å². The van der Waals surface area contributed by atoms with E-state index in [0.29, 0.717) is 32.4 Å². The summed E-state index contributed by atoms with van der Waals surface area (Å²) in [7, 11) is 0.